The van der Waals surface area contributed by atoms with Crippen LogP contribution >= 0.6 is 0 Å². The Balaban J connectivity index is 1.61. The summed E-state index contributed by atoms with van der Waals surface area (Å²) in [5.41, 5.74) is 0.882. The van der Waals surface area contributed by atoms with Crippen LogP contribution in [0.3, 0.4) is 0 Å². The highest BCUT2D eigenvalue weighted by Crippen LogP contribution is 2.19. The second-order valence-electron chi connectivity index (χ2n) is 6.31. The number of rotatable bonds is 7. The van der Waals surface area contributed by atoms with E-state index < -0.39 is 5.60 Å². The molecule has 8 heteroatoms. The lowest BCUT2D eigenvalue weighted by Crippen LogP contribution is -2.44. The van der Waals surface area contributed by atoms with E-state index in [1.54, 1.807) is 36.3 Å². The third-order valence-corrected chi connectivity index (χ3v) is 4.04. The van der Waals surface area contributed by atoms with Gasteiger partial charge in [-0.3, -0.25) is 0 Å². The summed E-state index contributed by atoms with van der Waals surface area (Å²) in [4.78, 5) is 8.52. The molecular weight excluding hydrogens is 344 g/mol. The van der Waals surface area contributed by atoms with Gasteiger partial charge in [-0.2, -0.15) is 5.10 Å². The van der Waals surface area contributed by atoms with E-state index in [0.29, 0.717) is 18.3 Å². The van der Waals surface area contributed by atoms with Crippen molar-refractivity contribution in [2.75, 3.05) is 13.1 Å². The molecule has 8 nitrogen and oxygen atoms in total. The Morgan fingerprint density at radius 3 is 2.70 bits per heavy atom. The van der Waals surface area contributed by atoms with Gasteiger partial charge in [-0.05, 0) is 43.7 Å². The highest BCUT2D eigenvalue weighted by atomic mass is 16.4. The quantitative estimate of drug-likeness (QED) is 0.434. The molecule has 0 bridgehead atoms. The molecule has 1 unspecified atom stereocenters. The molecule has 3 aromatic rings. The molecule has 0 aliphatic rings. The fourth-order valence-corrected chi connectivity index (χ4v) is 2.54. The van der Waals surface area contributed by atoms with Crippen LogP contribution in [0.1, 0.15) is 25.2 Å². The van der Waals surface area contributed by atoms with Crippen molar-refractivity contribution in [3.8, 4) is 5.69 Å². The fraction of sp³-hybridized carbons (Fsp3) is 0.316. The summed E-state index contributed by atoms with van der Waals surface area (Å²) in [6, 6.07) is 11.5. The predicted octanol–water partition coefficient (Wildman–Crippen LogP) is 1.82. The van der Waals surface area contributed by atoms with Gasteiger partial charge >= 0.3 is 0 Å². The molecule has 0 aliphatic carbocycles. The van der Waals surface area contributed by atoms with Gasteiger partial charge in [0.15, 0.2) is 5.96 Å². The molecule has 2 heterocycles. The largest absolute Gasteiger partial charge is 0.466 e. The number of benzene rings is 1. The van der Waals surface area contributed by atoms with Crippen LogP contribution in [0.4, 0.5) is 0 Å². The van der Waals surface area contributed by atoms with E-state index >= 15 is 0 Å². The van der Waals surface area contributed by atoms with E-state index in [0.717, 1.165) is 17.8 Å². The lowest BCUT2D eigenvalue weighted by atomic mass is 10.0. The van der Waals surface area contributed by atoms with Crippen molar-refractivity contribution in [2.24, 2.45) is 4.99 Å². The van der Waals surface area contributed by atoms with Crippen molar-refractivity contribution in [1.82, 2.24) is 25.4 Å². The van der Waals surface area contributed by atoms with Crippen molar-refractivity contribution in [1.29, 1.82) is 0 Å². The van der Waals surface area contributed by atoms with Gasteiger partial charge in [0.25, 0.3) is 0 Å². The number of aliphatic imine (C=N–C) groups is 1. The molecule has 1 atom stereocenters. The molecule has 0 spiro atoms. The van der Waals surface area contributed by atoms with Crippen LogP contribution in [0.5, 0.6) is 0 Å². The molecule has 142 valence electrons. The van der Waals surface area contributed by atoms with Gasteiger partial charge < -0.3 is 20.2 Å². The van der Waals surface area contributed by atoms with Crippen LogP contribution in [-0.4, -0.2) is 38.9 Å². The van der Waals surface area contributed by atoms with Gasteiger partial charge in [0, 0.05) is 6.54 Å². The lowest BCUT2D eigenvalue weighted by molar-refractivity contribution is 0.0386. The number of nitrogens with one attached hydrogen (secondary N) is 2. The Hall–Kier alpha value is -3.13. The fourth-order valence-electron chi connectivity index (χ4n) is 2.54. The van der Waals surface area contributed by atoms with Crippen LogP contribution < -0.4 is 10.6 Å². The third kappa shape index (κ3) is 4.95. The van der Waals surface area contributed by atoms with Gasteiger partial charge in [0.2, 0.25) is 0 Å². The first-order valence-corrected chi connectivity index (χ1v) is 8.81. The van der Waals surface area contributed by atoms with E-state index in [2.05, 4.69) is 25.7 Å². The van der Waals surface area contributed by atoms with E-state index in [9.17, 15) is 5.11 Å². The minimum absolute atomic E-state index is 0.275. The zero-order chi connectivity index (χ0) is 19.1. The summed E-state index contributed by atoms with van der Waals surface area (Å²) in [6.07, 6.45) is 4.71. The van der Waals surface area contributed by atoms with Gasteiger partial charge in [0.05, 0.1) is 25.0 Å². The summed E-state index contributed by atoms with van der Waals surface area (Å²) in [6.45, 7) is 5.20. The first kappa shape index (κ1) is 18.7. The molecule has 0 amide bonds. The van der Waals surface area contributed by atoms with E-state index in [1.807, 2.05) is 31.2 Å². The molecule has 0 fully saturated rings. The molecule has 3 N–H and O–H groups in total. The maximum absolute atomic E-state index is 10.5. The molecule has 3 rings (SSSR count). The molecule has 0 radical (unpaired) electrons. The second-order valence-corrected chi connectivity index (χ2v) is 6.31. The third-order valence-electron chi connectivity index (χ3n) is 4.04. The summed E-state index contributed by atoms with van der Waals surface area (Å²) >= 11 is 0. The predicted molar refractivity (Wildman–Crippen MR) is 102 cm³/mol. The van der Waals surface area contributed by atoms with Gasteiger partial charge in [-0.25, -0.2) is 14.7 Å². The average molecular weight is 368 g/mol. The molecule has 1 aromatic carbocycles. The molecule has 0 aliphatic heterocycles. The molecule has 0 saturated heterocycles. The molecule has 27 heavy (non-hydrogen) atoms. The highest BCUT2D eigenvalue weighted by molar-refractivity contribution is 5.79. The first-order valence-electron chi connectivity index (χ1n) is 8.81. The molecular formula is C19H24N6O2. The zero-order valence-electron chi connectivity index (χ0n) is 15.5. The Morgan fingerprint density at radius 2 is 2.07 bits per heavy atom. The Labute approximate surface area is 158 Å². The number of aliphatic hydroxyl groups is 1. The zero-order valence-corrected chi connectivity index (χ0v) is 15.5. The van der Waals surface area contributed by atoms with E-state index in [4.69, 9.17) is 4.42 Å². The van der Waals surface area contributed by atoms with Crippen molar-refractivity contribution in [2.45, 2.75) is 26.0 Å². The lowest BCUT2D eigenvalue weighted by Gasteiger charge is -2.22. The standard InChI is InChI=1S/C19H24N6O2/c1-3-21-18(23-12-19(2,26)17-5-4-10-27-17)22-11-15-6-8-16(9-7-15)25-14-20-13-24-25/h4-10,13-14,26H,3,11-12H2,1-2H3,(H2,21,22,23). The maximum Gasteiger partial charge on any atom is 0.191 e. The van der Waals surface area contributed by atoms with E-state index in [-0.39, 0.29) is 6.54 Å². The van der Waals surface area contributed by atoms with Crippen molar-refractivity contribution >= 4 is 5.96 Å². The number of nitrogens with zero attached hydrogens (tertiary/aromatic N) is 4. The number of aromatic nitrogens is 3. The van der Waals surface area contributed by atoms with E-state index in [1.165, 1.54) is 6.33 Å². The van der Waals surface area contributed by atoms with Crippen LogP contribution in [0.15, 0.2) is 64.7 Å². The SMILES string of the molecule is CCNC(=NCc1ccc(-n2cncn2)cc1)NCC(C)(O)c1ccco1. The number of furan rings is 1. The number of hydrogen-bond donors (Lipinski definition) is 3. The molecule has 2 aromatic heterocycles. The topological polar surface area (TPSA) is 100 Å². The van der Waals surface area contributed by atoms with Crippen molar-refractivity contribution in [3.05, 3.63) is 66.6 Å². The van der Waals surface area contributed by atoms with Crippen LogP contribution in [0, 0.1) is 0 Å². The van der Waals surface area contributed by atoms with Crippen molar-refractivity contribution in [3.63, 3.8) is 0 Å². The van der Waals surface area contributed by atoms with Gasteiger partial charge in [-0.15, -0.1) is 0 Å². The highest BCUT2D eigenvalue weighted by Gasteiger charge is 2.26. The normalized spacial score (nSPS) is 14.0. The van der Waals surface area contributed by atoms with Crippen LogP contribution in [-0.2, 0) is 12.1 Å². The Kier molecular flexibility index (Phi) is 5.87. The monoisotopic (exact) mass is 368 g/mol. The molecule has 0 saturated carbocycles. The summed E-state index contributed by atoms with van der Waals surface area (Å²) < 4.78 is 7.00. The minimum atomic E-state index is -1.13. The first-order chi connectivity index (χ1) is 13.1. The van der Waals surface area contributed by atoms with Crippen LogP contribution in [0.25, 0.3) is 5.69 Å². The van der Waals surface area contributed by atoms with Crippen LogP contribution in [0.2, 0.25) is 0 Å². The van der Waals surface area contributed by atoms with Gasteiger partial charge in [0.1, 0.15) is 24.0 Å². The summed E-state index contributed by atoms with van der Waals surface area (Å²) in [5, 5.41) is 21.0. The number of hydrogen-bond acceptors (Lipinski definition) is 5. The average Bonchev–Trinajstić information content (AvgIpc) is 3.39. The second kappa shape index (κ2) is 8.50. The Bertz CT molecular complexity index is 839. The van der Waals surface area contributed by atoms with Gasteiger partial charge in [-0.1, -0.05) is 12.1 Å². The Morgan fingerprint density at radius 1 is 1.26 bits per heavy atom. The van der Waals surface area contributed by atoms with Crippen molar-refractivity contribution < 1.29 is 9.52 Å². The summed E-state index contributed by atoms with van der Waals surface area (Å²) in [5.74, 6) is 1.14. The summed E-state index contributed by atoms with van der Waals surface area (Å²) in [7, 11) is 0. The smallest absolute Gasteiger partial charge is 0.191 e. The minimum Gasteiger partial charge on any atom is -0.466 e. The maximum atomic E-state index is 10.5. The number of guanidine groups is 1.